The number of carboxylic acids is 1. The summed E-state index contributed by atoms with van der Waals surface area (Å²) in [5, 5.41) is 25.5. The monoisotopic (exact) mass is 259 g/mol. The van der Waals surface area contributed by atoms with Gasteiger partial charge in [-0.2, -0.15) is 0 Å². The fraction of sp³-hybridized carbons (Fsp3) is 0.833. The molecule has 0 saturated heterocycles. The number of hydrogen-bond donors (Lipinski definition) is 5. The first-order valence-corrected chi connectivity index (χ1v) is 5.67. The number of aliphatic hydroxyl groups excluding tert-OH is 2. The Kier molecular flexibility index (Phi) is 6.68. The van der Waals surface area contributed by atoms with E-state index in [0.29, 0.717) is 0 Å². The molecule has 0 aliphatic heterocycles. The van der Waals surface area contributed by atoms with Crippen molar-refractivity contribution in [2.45, 2.75) is 12.1 Å². The fourth-order valence-corrected chi connectivity index (χ4v) is 1.30. The fourth-order valence-electron chi connectivity index (χ4n) is 0.516. The van der Waals surface area contributed by atoms with Crippen LogP contribution in [0.1, 0.15) is 0 Å². The van der Waals surface area contributed by atoms with Crippen LogP contribution in [0.5, 0.6) is 0 Å². The van der Waals surface area contributed by atoms with E-state index >= 15 is 0 Å². The maximum atomic E-state index is 11.0. The first kappa shape index (κ1) is 15.5. The minimum Gasteiger partial charge on any atom is -0.480 e. The number of hydrogen-bond acceptors (Lipinski definition) is 7. The molecule has 96 valence electrons. The molecule has 16 heavy (non-hydrogen) atoms. The second-order valence-corrected chi connectivity index (χ2v) is 4.29. The lowest BCUT2D eigenvalue weighted by Gasteiger charge is -2.15. The van der Waals surface area contributed by atoms with Crippen molar-refractivity contribution in [1.29, 1.82) is 0 Å². The lowest BCUT2D eigenvalue weighted by molar-refractivity contribution is -0.139. The number of phosphoric acid groups is 1. The summed E-state index contributed by atoms with van der Waals surface area (Å²) in [6.07, 6.45) is -1.32. The summed E-state index contributed by atoms with van der Waals surface area (Å²) in [5.74, 6) is -1.39. The van der Waals surface area contributed by atoms with Gasteiger partial charge in [0, 0.05) is 0 Å². The van der Waals surface area contributed by atoms with E-state index in [-0.39, 0.29) is 0 Å². The predicted molar refractivity (Wildman–Crippen MR) is 50.4 cm³/mol. The summed E-state index contributed by atoms with van der Waals surface area (Å²) >= 11 is 0. The van der Waals surface area contributed by atoms with Gasteiger partial charge in [-0.15, -0.1) is 0 Å². The van der Waals surface area contributed by atoms with E-state index in [1.807, 2.05) is 0 Å². The molecule has 0 amide bonds. The minimum atomic E-state index is -4.47. The van der Waals surface area contributed by atoms with Gasteiger partial charge in [-0.25, -0.2) is 4.57 Å². The third kappa shape index (κ3) is 6.85. The first-order valence-electron chi connectivity index (χ1n) is 4.17. The first-order chi connectivity index (χ1) is 7.28. The summed E-state index contributed by atoms with van der Waals surface area (Å²) < 4.78 is 19.5. The highest BCUT2D eigenvalue weighted by atomic mass is 31.2. The zero-order chi connectivity index (χ0) is 12.8. The van der Waals surface area contributed by atoms with Gasteiger partial charge in [-0.1, -0.05) is 0 Å². The summed E-state index contributed by atoms with van der Waals surface area (Å²) in [6, 6.07) is -1.45. The molecule has 0 heterocycles. The van der Waals surface area contributed by atoms with Crippen LogP contribution in [-0.2, 0) is 18.4 Å². The maximum absolute atomic E-state index is 11.0. The Bertz CT molecular complexity index is 271. The van der Waals surface area contributed by atoms with Gasteiger partial charge >= 0.3 is 13.8 Å². The van der Waals surface area contributed by atoms with Crippen LogP contribution in [0.3, 0.4) is 0 Å². The van der Waals surface area contributed by atoms with Gasteiger partial charge < -0.3 is 25.9 Å². The zero-order valence-electron chi connectivity index (χ0n) is 8.22. The Morgan fingerprint density at radius 2 is 1.88 bits per heavy atom. The molecule has 0 fully saturated rings. The molecule has 3 unspecified atom stereocenters. The van der Waals surface area contributed by atoms with Crippen molar-refractivity contribution >= 4 is 13.8 Å². The van der Waals surface area contributed by atoms with Crippen LogP contribution in [0.15, 0.2) is 0 Å². The van der Waals surface area contributed by atoms with Crippen LogP contribution >= 0.6 is 7.82 Å². The Hall–Kier alpha value is -0.540. The minimum absolute atomic E-state index is 0.618. The number of phosphoric ester groups is 1. The molecule has 10 heteroatoms. The highest BCUT2D eigenvalue weighted by Crippen LogP contribution is 2.43. The molecule has 6 N–H and O–H groups in total. The molecular weight excluding hydrogens is 245 g/mol. The molecule has 0 aromatic carbocycles. The molecule has 0 aliphatic rings. The molecule has 9 nitrogen and oxygen atoms in total. The maximum Gasteiger partial charge on any atom is 0.472 e. The number of carboxylic acid groups (broad SMARTS) is 1. The van der Waals surface area contributed by atoms with Crippen LogP contribution in [0.25, 0.3) is 0 Å². The van der Waals surface area contributed by atoms with Crippen molar-refractivity contribution in [3.63, 3.8) is 0 Å². The van der Waals surface area contributed by atoms with Gasteiger partial charge in [0.05, 0.1) is 19.8 Å². The molecule has 0 radical (unpaired) electrons. The molecule has 0 aliphatic carbocycles. The van der Waals surface area contributed by atoms with Crippen molar-refractivity contribution < 1.29 is 38.6 Å². The van der Waals surface area contributed by atoms with Gasteiger partial charge in [0.15, 0.2) is 0 Å². The van der Waals surface area contributed by atoms with Gasteiger partial charge in [0.1, 0.15) is 12.1 Å². The Morgan fingerprint density at radius 3 is 2.31 bits per heavy atom. The number of rotatable bonds is 8. The number of aliphatic carboxylic acids is 1. The largest absolute Gasteiger partial charge is 0.480 e. The second kappa shape index (κ2) is 6.92. The molecule has 0 rings (SSSR count). The number of aliphatic hydroxyl groups is 2. The van der Waals surface area contributed by atoms with E-state index in [1.54, 1.807) is 0 Å². The Morgan fingerprint density at radius 1 is 1.38 bits per heavy atom. The molecule has 0 spiro atoms. The highest BCUT2D eigenvalue weighted by Gasteiger charge is 2.25. The topological polar surface area (TPSA) is 160 Å². The van der Waals surface area contributed by atoms with E-state index in [2.05, 4.69) is 9.05 Å². The predicted octanol–water partition coefficient (Wildman–Crippen LogP) is -2.11. The summed E-state index contributed by atoms with van der Waals surface area (Å²) in [6.45, 7) is -1.97. The molecular formula is C6H14NO8P. The van der Waals surface area contributed by atoms with Crippen LogP contribution in [0.4, 0.5) is 0 Å². The van der Waals surface area contributed by atoms with Gasteiger partial charge in [-0.3, -0.25) is 13.8 Å². The van der Waals surface area contributed by atoms with Crippen LogP contribution in [0, 0.1) is 0 Å². The SMILES string of the molecule is NC(COP(=O)(O)OCC(O)CO)C(=O)O. The lowest BCUT2D eigenvalue weighted by atomic mass is 10.3. The van der Waals surface area contributed by atoms with E-state index in [4.69, 9.17) is 25.9 Å². The summed E-state index contributed by atoms with van der Waals surface area (Å²) in [4.78, 5) is 19.2. The number of carbonyl (C=O) groups is 1. The summed E-state index contributed by atoms with van der Waals surface area (Å²) in [5.41, 5.74) is 5.00. The van der Waals surface area contributed by atoms with Gasteiger partial charge in [0.2, 0.25) is 0 Å². The third-order valence-corrected chi connectivity index (χ3v) is 2.33. The number of nitrogens with two attached hydrogens (primary N) is 1. The van der Waals surface area contributed by atoms with Gasteiger partial charge in [0.25, 0.3) is 0 Å². The van der Waals surface area contributed by atoms with E-state index in [9.17, 15) is 9.36 Å². The molecule has 0 aromatic rings. The quantitative estimate of drug-likeness (QED) is 0.307. The second-order valence-electron chi connectivity index (χ2n) is 2.84. The van der Waals surface area contributed by atoms with Gasteiger partial charge in [-0.05, 0) is 0 Å². The lowest BCUT2D eigenvalue weighted by Crippen LogP contribution is -2.34. The average Bonchev–Trinajstić information content (AvgIpc) is 2.22. The van der Waals surface area contributed by atoms with E-state index in [0.717, 1.165) is 0 Å². The Labute approximate surface area is 91.0 Å². The van der Waals surface area contributed by atoms with Crippen molar-refractivity contribution in [1.82, 2.24) is 0 Å². The third-order valence-electron chi connectivity index (χ3n) is 1.38. The van der Waals surface area contributed by atoms with E-state index < -0.39 is 45.8 Å². The van der Waals surface area contributed by atoms with Crippen molar-refractivity contribution in [2.75, 3.05) is 19.8 Å². The van der Waals surface area contributed by atoms with Crippen LogP contribution in [0.2, 0.25) is 0 Å². The smallest absolute Gasteiger partial charge is 0.472 e. The normalized spacial score (nSPS) is 18.8. The standard InChI is InChI=1S/C6H14NO8P/c7-5(6(10)11)3-15-16(12,13)14-2-4(9)1-8/h4-5,8-9H,1-3,7H2,(H,10,11)(H,12,13). The molecule has 0 bridgehead atoms. The van der Waals surface area contributed by atoms with Crippen molar-refractivity contribution in [3.05, 3.63) is 0 Å². The average molecular weight is 259 g/mol. The molecule has 3 atom stereocenters. The van der Waals surface area contributed by atoms with Crippen LogP contribution < -0.4 is 5.73 Å². The van der Waals surface area contributed by atoms with E-state index in [1.165, 1.54) is 0 Å². The van der Waals surface area contributed by atoms with Crippen LogP contribution in [-0.4, -0.2) is 58.1 Å². The van der Waals surface area contributed by atoms with Crippen molar-refractivity contribution in [3.8, 4) is 0 Å². The molecule has 0 saturated carbocycles. The zero-order valence-corrected chi connectivity index (χ0v) is 9.12. The highest BCUT2D eigenvalue weighted by molar-refractivity contribution is 7.47. The van der Waals surface area contributed by atoms with Crippen molar-refractivity contribution in [2.24, 2.45) is 5.73 Å². The summed E-state index contributed by atoms with van der Waals surface area (Å²) in [7, 11) is -4.47. The Balaban J connectivity index is 3.96. The molecule has 0 aromatic heterocycles.